The molecule has 0 atom stereocenters. The first-order chi connectivity index (χ1) is 14.2. The molecule has 2 N–H and O–H groups in total. The zero-order valence-corrected chi connectivity index (χ0v) is 20.4. The minimum absolute atomic E-state index is 0. The zero-order valence-electron chi connectivity index (χ0n) is 18.1. The molecule has 2 fully saturated rings. The van der Waals surface area contributed by atoms with Crippen molar-refractivity contribution in [3.05, 3.63) is 23.9 Å². The fraction of sp³-hybridized carbons (Fsp3) is 0.682. The predicted octanol–water partition coefficient (Wildman–Crippen LogP) is 3.34. The van der Waals surface area contributed by atoms with Crippen molar-refractivity contribution in [2.24, 2.45) is 10.9 Å². The van der Waals surface area contributed by atoms with Gasteiger partial charge in [0.15, 0.2) is 5.96 Å². The Kier molecular flexibility index (Phi) is 11.2. The zero-order chi connectivity index (χ0) is 20.3. The molecule has 168 valence electrons. The first-order valence-corrected chi connectivity index (χ1v) is 11.1. The predicted molar refractivity (Wildman–Crippen MR) is 130 cm³/mol. The molecular weight excluding hydrogens is 493 g/mol. The number of ether oxygens (including phenoxy) is 1. The number of aromatic nitrogens is 1. The molecule has 0 unspecified atom stereocenters. The highest BCUT2D eigenvalue weighted by Crippen LogP contribution is 2.29. The summed E-state index contributed by atoms with van der Waals surface area (Å²) in [5, 5.41) is 6.64. The molecule has 1 aromatic rings. The van der Waals surface area contributed by atoms with E-state index in [1.165, 1.54) is 19.3 Å². The monoisotopic (exact) mass is 529 g/mol. The van der Waals surface area contributed by atoms with Crippen LogP contribution in [0.4, 0.5) is 0 Å². The van der Waals surface area contributed by atoms with Crippen LogP contribution in [0, 0.1) is 5.92 Å². The third-order valence-electron chi connectivity index (χ3n) is 5.29. The first kappa shape index (κ1) is 24.7. The maximum absolute atomic E-state index is 12.1. The van der Waals surface area contributed by atoms with Gasteiger partial charge in [0.25, 0.3) is 0 Å². The van der Waals surface area contributed by atoms with Gasteiger partial charge < -0.3 is 20.3 Å². The topological polar surface area (TPSA) is 78.9 Å². The van der Waals surface area contributed by atoms with Crippen molar-refractivity contribution in [2.75, 3.05) is 32.8 Å². The van der Waals surface area contributed by atoms with E-state index in [1.54, 1.807) is 0 Å². The van der Waals surface area contributed by atoms with E-state index >= 15 is 0 Å². The largest absolute Gasteiger partial charge is 0.477 e. The molecule has 8 heteroatoms. The highest BCUT2D eigenvalue weighted by Gasteiger charge is 2.22. The quantitative estimate of drug-likeness (QED) is 0.211. The Hall–Kier alpha value is -1.58. The van der Waals surface area contributed by atoms with E-state index in [-0.39, 0.29) is 24.0 Å². The Morgan fingerprint density at radius 2 is 2.13 bits per heavy atom. The summed E-state index contributed by atoms with van der Waals surface area (Å²) in [4.78, 5) is 23.1. The van der Waals surface area contributed by atoms with E-state index in [1.807, 2.05) is 23.2 Å². The molecule has 1 aliphatic heterocycles. The van der Waals surface area contributed by atoms with E-state index < -0.39 is 0 Å². The summed E-state index contributed by atoms with van der Waals surface area (Å²) in [7, 11) is 0. The van der Waals surface area contributed by atoms with E-state index in [9.17, 15) is 4.79 Å². The van der Waals surface area contributed by atoms with Gasteiger partial charge in [-0.25, -0.2) is 9.98 Å². The molecular formula is C22H36IN5O2. The average Bonchev–Trinajstić information content (AvgIpc) is 3.57. The van der Waals surface area contributed by atoms with Crippen LogP contribution in [0.1, 0.15) is 57.4 Å². The van der Waals surface area contributed by atoms with Gasteiger partial charge in [0, 0.05) is 44.9 Å². The van der Waals surface area contributed by atoms with Crippen molar-refractivity contribution in [1.29, 1.82) is 0 Å². The minimum Gasteiger partial charge on any atom is -0.477 e. The summed E-state index contributed by atoms with van der Waals surface area (Å²) in [6, 6.07) is 3.94. The van der Waals surface area contributed by atoms with Crippen LogP contribution in [0.5, 0.6) is 5.88 Å². The number of nitrogens with one attached hydrogen (secondary N) is 2. The summed E-state index contributed by atoms with van der Waals surface area (Å²) in [6.45, 7) is 6.72. The van der Waals surface area contributed by atoms with Gasteiger partial charge in [-0.15, -0.1) is 24.0 Å². The Bertz CT molecular complexity index is 664. The summed E-state index contributed by atoms with van der Waals surface area (Å²) < 4.78 is 5.68. The van der Waals surface area contributed by atoms with E-state index in [2.05, 4.69) is 27.5 Å². The summed E-state index contributed by atoms with van der Waals surface area (Å²) in [5.74, 6) is 2.52. The molecule has 1 saturated carbocycles. The van der Waals surface area contributed by atoms with Gasteiger partial charge in [-0.3, -0.25) is 4.79 Å². The Morgan fingerprint density at radius 3 is 2.87 bits per heavy atom. The standard InChI is InChI=1S/C22H35N5O2.HI/c1-2-23-22(24-12-6-14-27-13-5-3-4-7-21(27)28)26-16-19-10-11-20(25-15-19)29-17-18-8-9-18;/h10-11,15,18H,2-9,12-14,16-17H2,1H3,(H2,23,24,26);1H. The molecule has 0 aromatic carbocycles. The Balaban J connectivity index is 0.00000320. The number of hydrogen-bond donors (Lipinski definition) is 2. The highest BCUT2D eigenvalue weighted by molar-refractivity contribution is 14.0. The maximum atomic E-state index is 12.1. The average molecular weight is 529 g/mol. The molecule has 30 heavy (non-hydrogen) atoms. The van der Waals surface area contributed by atoms with Crippen molar-refractivity contribution in [3.8, 4) is 5.88 Å². The lowest BCUT2D eigenvalue weighted by atomic mass is 10.2. The Labute approximate surface area is 197 Å². The summed E-state index contributed by atoms with van der Waals surface area (Å²) in [5.41, 5.74) is 1.05. The van der Waals surface area contributed by atoms with Crippen LogP contribution in [-0.4, -0.2) is 54.5 Å². The van der Waals surface area contributed by atoms with Crippen molar-refractivity contribution in [2.45, 2.75) is 58.4 Å². The van der Waals surface area contributed by atoms with Crippen molar-refractivity contribution in [1.82, 2.24) is 20.5 Å². The SMILES string of the molecule is CCNC(=NCc1ccc(OCC2CC2)nc1)NCCCN1CCCCCC1=O.I. The molecule has 1 aliphatic carbocycles. The molecule has 0 bridgehead atoms. The van der Waals surface area contributed by atoms with Crippen LogP contribution in [0.3, 0.4) is 0 Å². The van der Waals surface area contributed by atoms with Crippen molar-refractivity contribution < 1.29 is 9.53 Å². The number of rotatable bonds is 10. The number of carbonyl (C=O) groups excluding carboxylic acids is 1. The van der Waals surface area contributed by atoms with E-state index in [0.717, 1.165) is 69.5 Å². The lowest BCUT2D eigenvalue weighted by Gasteiger charge is -2.20. The first-order valence-electron chi connectivity index (χ1n) is 11.1. The number of amides is 1. The second kappa shape index (κ2) is 13.7. The molecule has 0 radical (unpaired) electrons. The second-order valence-corrected chi connectivity index (χ2v) is 7.93. The van der Waals surface area contributed by atoms with Gasteiger partial charge in [-0.05, 0) is 50.5 Å². The van der Waals surface area contributed by atoms with Gasteiger partial charge in [-0.1, -0.05) is 12.5 Å². The number of aliphatic imine (C=N–C) groups is 1. The Morgan fingerprint density at radius 1 is 1.27 bits per heavy atom. The fourth-order valence-electron chi connectivity index (χ4n) is 3.34. The molecule has 3 rings (SSSR count). The number of guanidine groups is 1. The van der Waals surface area contributed by atoms with Crippen LogP contribution in [-0.2, 0) is 11.3 Å². The highest BCUT2D eigenvalue weighted by atomic mass is 127. The second-order valence-electron chi connectivity index (χ2n) is 7.93. The van der Waals surface area contributed by atoms with Crippen LogP contribution >= 0.6 is 24.0 Å². The van der Waals surface area contributed by atoms with Crippen LogP contribution in [0.25, 0.3) is 0 Å². The summed E-state index contributed by atoms with van der Waals surface area (Å²) in [6.07, 6.45) is 9.35. The molecule has 2 heterocycles. The van der Waals surface area contributed by atoms with E-state index in [0.29, 0.717) is 24.8 Å². The lowest BCUT2D eigenvalue weighted by molar-refractivity contribution is -0.130. The van der Waals surface area contributed by atoms with Crippen LogP contribution < -0.4 is 15.4 Å². The molecule has 0 spiro atoms. The summed E-state index contributed by atoms with van der Waals surface area (Å²) >= 11 is 0. The smallest absolute Gasteiger partial charge is 0.222 e. The maximum Gasteiger partial charge on any atom is 0.222 e. The number of hydrogen-bond acceptors (Lipinski definition) is 4. The van der Waals surface area contributed by atoms with Gasteiger partial charge in [0.05, 0.1) is 13.2 Å². The van der Waals surface area contributed by atoms with Gasteiger partial charge in [-0.2, -0.15) is 0 Å². The van der Waals surface area contributed by atoms with Crippen molar-refractivity contribution in [3.63, 3.8) is 0 Å². The van der Waals surface area contributed by atoms with Gasteiger partial charge >= 0.3 is 0 Å². The molecule has 7 nitrogen and oxygen atoms in total. The van der Waals surface area contributed by atoms with Crippen LogP contribution in [0.2, 0.25) is 0 Å². The molecule has 1 aromatic heterocycles. The van der Waals surface area contributed by atoms with Gasteiger partial charge in [0.1, 0.15) is 0 Å². The number of halogens is 1. The minimum atomic E-state index is 0. The fourth-order valence-corrected chi connectivity index (χ4v) is 3.34. The molecule has 2 aliphatic rings. The van der Waals surface area contributed by atoms with Crippen LogP contribution in [0.15, 0.2) is 23.3 Å². The normalized spacial score (nSPS) is 17.2. The third kappa shape index (κ3) is 9.06. The lowest BCUT2D eigenvalue weighted by Crippen LogP contribution is -2.39. The number of carbonyl (C=O) groups is 1. The van der Waals surface area contributed by atoms with Crippen molar-refractivity contribution >= 4 is 35.8 Å². The van der Waals surface area contributed by atoms with E-state index in [4.69, 9.17) is 4.74 Å². The molecule has 1 amide bonds. The van der Waals surface area contributed by atoms with Gasteiger partial charge in [0.2, 0.25) is 11.8 Å². The number of pyridine rings is 1. The number of nitrogens with zero attached hydrogens (tertiary/aromatic N) is 3. The molecule has 1 saturated heterocycles. The third-order valence-corrected chi connectivity index (χ3v) is 5.29. The number of likely N-dealkylation sites (tertiary alicyclic amines) is 1.